The molecular weight excluding hydrogens is 244 g/mol. The minimum Gasteiger partial charge on any atom is -0.468 e. The van der Waals surface area contributed by atoms with Gasteiger partial charge in [0.05, 0.1) is 12.8 Å². The van der Waals surface area contributed by atoms with Gasteiger partial charge < -0.3 is 19.8 Å². The first-order valence-electron chi connectivity index (χ1n) is 6.51. The Bertz CT molecular complexity index is 407. The molecule has 0 aliphatic rings. The van der Waals surface area contributed by atoms with Gasteiger partial charge in [0.15, 0.2) is 0 Å². The predicted molar refractivity (Wildman–Crippen MR) is 74.0 cm³/mol. The monoisotopic (exact) mass is 268 g/mol. The van der Waals surface area contributed by atoms with E-state index in [1.807, 2.05) is 40.7 Å². The second-order valence-electron chi connectivity index (χ2n) is 5.70. The standard InChI is InChI=1S/C14H24N2O3/c1-10-6-7-18-12(10)9-15-8-11(2)16-13(17)19-14(3,4)5/h6-7,11,15H,8-9H2,1-5H3,(H,16,17). The predicted octanol–water partition coefficient (Wildman–Crippen LogP) is 2.59. The van der Waals surface area contributed by atoms with Crippen LogP contribution in [0.4, 0.5) is 4.79 Å². The number of furan rings is 1. The molecule has 0 spiro atoms. The van der Waals surface area contributed by atoms with Crippen LogP contribution in [0, 0.1) is 6.92 Å². The van der Waals surface area contributed by atoms with Gasteiger partial charge in [-0.05, 0) is 46.2 Å². The summed E-state index contributed by atoms with van der Waals surface area (Å²) in [5.41, 5.74) is 0.656. The molecule has 1 atom stereocenters. The Morgan fingerprint density at radius 1 is 1.47 bits per heavy atom. The number of carbonyl (C=O) groups excluding carboxylic acids is 1. The molecule has 1 aromatic heterocycles. The van der Waals surface area contributed by atoms with Crippen LogP contribution in [0.5, 0.6) is 0 Å². The number of rotatable bonds is 5. The van der Waals surface area contributed by atoms with Gasteiger partial charge in [-0.1, -0.05) is 0 Å². The lowest BCUT2D eigenvalue weighted by Gasteiger charge is -2.22. The fourth-order valence-electron chi connectivity index (χ4n) is 1.55. The van der Waals surface area contributed by atoms with Crippen molar-refractivity contribution in [1.82, 2.24) is 10.6 Å². The van der Waals surface area contributed by atoms with Crippen molar-refractivity contribution >= 4 is 6.09 Å². The zero-order valence-electron chi connectivity index (χ0n) is 12.4. The van der Waals surface area contributed by atoms with Crippen molar-refractivity contribution in [2.24, 2.45) is 0 Å². The van der Waals surface area contributed by atoms with Crippen molar-refractivity contribution in [3.63, 3.8) is 0 Å². The highest BCUT2D eigenvalue weighted by molar-refractivity contribution is 5.68. The molecule has 19 heavy (non-hydrogen) atoms. The molecule has 5 heteroatoms. The fourth-order valence-corrected chi connectivity index (χ4v) is 1.55. The number of hydrogen-bond donors (Lipinski definition) is 2. The van der Waals surface area contributed by atoms with E-state index in [4.69, 9.17) is 9.15 Å². The summed E-state index contributed by atoms with van der Waals surface area (Å²) in [7, 11) is 0. The number of ether oxygens (including phenoxy) is 1. The summed E-state index contributed by atoms with van der Waals surface area (Å²) in [5.74, 6) is 0.921. The van der Waals surface area contributed by atoms with E-state index < -0.39 is 11.7 Å². The van der Waals surface area contributed by atoms with Crippen LogP contribution in [-0.2, 0) is 11.3 Å². The van der Waals surface area contributed by atoms with Crippen LogP contribution in [0.25, 0.3) is 0 Å². The van der Waals surface area contributed by atoms with Crippen molar-refractivity contribution in [1.29, 1.82) is 0 Å². The van der Waals surface area contributed by atoms with Crippen LogP contribution in [0.2, 0.25) is 0 Å². The largest absolute Gasteiger partial charge is 0.468 e. The molecule has 1 aromatic rings. The summed E-state index contributed by atoms with van der Waals surface area (Å²) in [4.78, 5) is 11.5. The number of carbonyl (C=O) groups is 1. The smallest absolute Gasteiger partial charge is 0.407 e. The summed E-state index contributed by atoms with van der Waals surface area (Å²) < 4.78 is 10.5. The molecule has 0 aliphatic heterocycles. The van der Waals surface area contributed by atoms with Gasteiger partial charge in [-0.2, -0.15) is 0 Å². The number of alkyl carbamates (subject to hydrolysis) is 1. The number of nitrogens with one attached hydrogen (secondary N) is 2. The molecule has 108 valence electrons. The van der Waals surface area contributed by atoms with E-state index in [0.717, 1.165) is 11.3 Å². The lowest BCUT2D eigenvalue weighted by Crippen LogP contribution is -2.42. The summed E-state index contributed by atoms with van der Waals surface area (Å²) in [6.45, 7) is 10.8. The molecule has 1 rings (SSSR count). The van der Waals surface area contributed by atoms with Crippen LogP contribution in [0.1, 0.15) is 39.0 Å². The van der Waals surface area contributed by atoms with Gasteiger partial charge in [-0.25, -0.2) is 4.79 Å². The molecule has 0 saturated heterocycles. The fraction of sp³-hybridized carbons (Fsp3) is 0.643. The van der Waals surface area contributed by atoms with Crippen LogP contribution >= 0.6 is 0 Å². The zero-order valence-corrected chi connectivity index (χ0v) is 12.4. The molecule has 0 saturated carbocycles. The SMILES string of the molecule is Cc1ccoc1CNCC(C)NC(=O)OC(C)(C)C. The number of hydrogen-bond acceptors (Lipinski definition) is 4. The van der Waals surface area contributed by atoms with Crippen LogP contribution in [0.15, 0.2) is 16.7 Å². The molecular formula is C14H24N2O3. The Morgan fingerprint density at radius 2 is 2.16 bits per heavy atom. The summed E-state index contributed by atoms with van der Waals surface area (Å²) in [6.07, 6.45) is 1.28. The van der Waals surface area contributed by atoms with Crippen LogP contribution in [-0.4, -0.2) is 24.3 Å². The van der Waals surface area contributed by atoms with E-state index in [-0.39, 0.29) is 6.04 Å². The van der Waals surface area contributed by atoms with Gasteiger partial charge in [-0.15, -0.1) is 0 Å². The van der Waals surface area contributed by atoms with Crippen LogP contribution in [0.3, 0.4) is 0 Å². The molecule has 0 bridgehead atoms. The molecule has 1 amide bonds. The third-order valence-electron chi connectivity index (χ3n) is 2.47. The Balaban J connectivity index is 2.23. The maximum Gasteiger partial charge on any atom is 0.407 e. The average Bonchev–Trinajstić information content (AvgIpc) is 2.61. The molecule has 5 nitrogen and oxygen atoms in total. The Morgan fingerprint density at radius 3 is 2.68 bits per heavy atom. The number of aryl methyl sites for hydroxylation is 1. The van der Waals surface area contributed by atoms with Crippen LogP contribution < -0.4 is 10.6 Å². The van der Waals surface area contributed by atoms with Crippen molar-refractivity contribution in [2.75, 3.05) is 6.54 Å². The average molecular weight is 268 g/mol. The van der Waals surface area contributed by atoms with E-state index in [2.05, 4.69) is 10.6 Å². The van der Waals surface area contributed by atoms with E-state index >= 15 is 0 Å². The maximum atomic E-state index is 11.5. The van der Waals surface area contributed by atoms with Gasteiger partial charge >= 0.3 is 6.09 Å². The van der Waals surface area contributed by atoms with Crippen molar-refractivity contribution in [3.8, 4) is 0 Å². The minimum atomic E-state index is -0.470. The van der Waals surface area contributed by atoms with E-state index in [1.54, 1.807) is 6.26 Å². The maximum absolute atomic E-state index is 11.5. The third-order valence-corrected chi connectivity index (χ3v) is 2.47. The molecule has 1 unspecified atom stereocenters. The van der Waals surface area contributed by atoms with Gasteiger partial charge in [0.1, 0.15) is 11.4 Å². The minimum absolute atomic E-state index is 0.00915. The lowest BCUT2D eigenvalue weighted by atomic mass is 10.2. The Kier molecular flexibility index (Phi) is 5.42. The van der Waals surface area contributed by atoms with E-state index in [1.165, 1.54) is 0 Å². The molecule has 2 N–H and O–H groups in total. The first kappa shape index (κ1) is 15.6. The zero-order chi connectivity index (χ0) is 14.5. The van der Waals surface area contributed by atoms with Crippen molar-refractivity contribution in [3.05, 3.63) is 23.7 Å². The molecule has 1 heterocycles. The Hall–Kier alpha value is -1.49. The first-order valence-corrected chi connectivity index (χ1v) is 6.51. The highest BCUT2D eigenvalue weighted by atomic mass is 16.6. The highest BCUT2D eigenvalue weighted by Crippen LogP contribution is 2.08. The Labute approximate surface area is 114 Å². The van der Waals surface area contributed by atoms with Crippen molar-refractivity contribution < 1.29 is 13.9 Å². The van der Waals surface area contributed by atoms with E-state index in [0.29, 0.717) is 13.1 Å². The summed E-state index contributed by atoms with van der Waals surface area (Å²) in [5, 5.41) is 6.01. The van der Waals surface area contributed by atoms with E-state index in [9.17, 15) is 4.79 Å². The molecule has 0 radical (unpaired) electrons. The topological polar surface area (TPSA) is 63.5 Å². The van der Waals surface area contributed by atoms with Gasteiger partial charge in [-0.3, -0.25) is 0 Å². The second-order valence-corrected chi connectivity index (χ2v) is 5.70. The molecule has 0 aromatic carbocycles. The lowest BCUT2D eigenvalue weighted by molar-refractivity contribution is 0.0508. The van der Waals surface area contributed by atoms with Gasteiger partial charge in [0.25, 0.3) is 0 Å². The molecule has 0 fully saturated rings. The summed E-state index contributed by atoms with van der Waals surface area (Å²) >= 11 is 0. The normalized spacial score (nSPS) is 13.1. The highest BCUT2D eigenvalue weighted by Gasteiger charge is 2.17. The first-order chi connectivity index (χ1) is 8.78. The second kappa shape index (κ2) is 6.61. The van der Waals surface area contributed by atoms with Crippen molar-refractivity contribution in [2.45, 2.75) is 52.8 Å². The quantitative estimate of drug-likeness (QED) is 0.861. The summed E-state index contributed by atoms with van der Waals surface area (Å²) in [6, 6.07) is 1.92. The molecule has 0 aliphatic carbocycles. The number of amides is 1. The van der Waals surface area contributed by atoms with Gasteiger partial charge in [0, 0.05) is 12.6 Å². The van der Waals surface area contributed by atoms with Gasteiger partial charge in [0.2, 0.25) is 0 Å². The third kappa shape index (κ3) is 6.29.